The van der Waals surface area contributed by atoms with Crippen molar-refractivity contribution in [2.45, 2.75) is 16.4 Å². The van der Waals surface area contributed by atoms with Gasteiger partial charge in [-0.3, -0.25) is 0 Å². The molecular weight excluding hydrogens is 317 g/mol. The third-order valence-corrected chi connectivity index (χ3v) is 3.24. The van der Waals surface area contributed by atoms with Gasteiger partial charge in [-0.2, -0.15) is 18.4 Å². The van der Waals surface area contributed by atoms with Crippen LogP contribution in [0.5, 0.6) is 0 Å². The molecule has 2 heterocycles. The summed E-state index contributed by atoms with van der Waals surface area (Å²) in [7, 11) is 0. The normalized spacial score (nSPS) is 11.3. The lowest BCUT2D eigenvalue weighted by atomic mass is 10.4. The molecule has 104 valence electrons. The second kappa shape index (κ2) is 5.18. The van der Waals surface area contributed by atoms with Gasteiger partial charge in [-0.1, -0.05) is 11.6 Å². The molecule has 0 bridgehead atoms. The number of nitriles is 1. The first kappa shape index (κ1) is 14.4. The summed E-state index contributed by atoms with van der Waals surface area (Å²) in [5, 5.41) is 15.2. The van der Waals surface area contributed by atoms with Crippen LogP contribution in [0.4, 0.5) is 13.2 Å². The zero-order valence-electron chi connectivity index (χ0n) is 9.39. The quantitative estimate of drug-likeness (QED) is 0.851. The zero-order chi connectivity index (χ0) is 14.9. The van der Waals surface area contributed by atoms with Gasteiger partial charge in [0.25, 0.3) is 5.82 Å². The van der Waals surface area contributed by atoms with E-state index in [1.165, 1.54) is 12.1 Å². The molecule has 0 spiro atoms. The van der Waals surface area contributed by atoms with Crippen LogP contribution in [0.1, 0.15) is 11.5 Å². The molecule has 0 fully saturated rings. The largest absolute Gasteiger partial charge is 0.453 e. The van der Waals surface area contributed by atoms with Gasteiger partial charge >= 0.3 is 6.18 Å². The molecule has 0 aliphatic rings. The number of pyridine rings is 1. The van der Waals surface area contributed by atoms with E-state index in [1.807, 2.05) is 0 Å². The molecule has 0 radical (unpaired) electrons. The molecule has 6 nitrogen and oxygen atoms in total. The molecule has 0 aromatic carbocycles. The number of nitrogen functional groups attached to an aromatic ring is 1. The van der Waals surface area contributed by atoms with E-state index < -0.39 is 12.0 Å². The third kappa shape index (κ3) is 2.78. The number of rotatable bonds is 2. The van der Waals surface area contributed by atoms with Crippen molar-refractivity contribution in [2.75, 3.05) is 5.84 Å². The van der Waals surface area contributed by atoms with E-state index in [9.17, 15) is 13.2 Å². The van der Waals surface area contributed by atoms with Crippen LogP contribution in [-0.4, -0.2) is 19.9 Å². The highest BCUT2D eigenvalue weighted by Crippen LogP contribution is 2.31. The Hall–Kier alpha value is -1.99. The molecule has 0 aliphatic carbocycles. The lowest BCUT2D eigenvalue weighted by molar-refractivity contribution is -0.146. The highest BCUT2D eigenvalue weighted by molar-refractivity contribution is 7.99. The Bertz CT molecular complexity index is 692. The van der Waals surface area contributed by atoms with Crippen molar-refractivity contribution in [3.05, 3.63) is 28.7 Å². The van der Waals surface area contributed by atoms with Gasteiger partial charge in [0.15, 0.2) is 5.69 Å². The number of hydrogen-bond acceptors (Lipinski definition) is 6. The number of aromatic nitrogens is 4. The first-order valence-electron chi connectivity index (χ1n) is 4.85. The predicted molar refractivity (Wildman–Crippen MR) is 63.3 cm³/mol. The topological polar surface area (TPSA) is 93.4 Å². The minimum atomic E-state index is -4.70. The maximum atomic E-state index is 12.5. The second-order valence-corrected chi connectivity index (χ2v) is 4.76. The molecule has 2 N–H and O–H groups in total. The Morgan fingerprint density at radius 2 is 2.05 bits per heavy atom. The van der Waals surface area contributed by atoms with Crippen LogP contribution in [0.15, 0.2) is 22.3 Å². The summed E-state index contributed by atoms with van der Waals surface area (Å²) in [4.78, 5) is 3.85. The Morgan fingerprint density at radius 3 is 2.60 bits per heavy atom. The molecule has 0 aliphatic heterocycles. The van der Waals surface area contributed by atoms with E-state index in [-0.39, 0.29) is 20.9 Å². The maximum Gasteiger partial charge on any atom is 0.453 e. The van der Waals surface area contributed by atoms with Crippen molar-refractivity contribution in [1.29, 1.82) is 5.26 Å². The predicted octanol–water partition coefficient (Wildman–Crippen LogP) is 2.08. The number of nitrogens with zero attached hydrogens (tertiary/aromatic N) is 5. The molecule has 0 unspecified atom stereocenters. The minimum absolute atomic E-state index is 0.0456. The average molecular weight is 321 g/mol. The monoisotopic (exact) mass is 320 g/mol. The molecule has 2 aromatic rings. The molecule has 20 heavy (non-hydrogen) atoms. The highest BCUT2D eigenvalue weighted by Gasteiger charge is 2.38. The lowest BCUT2D eigenvalue weighted by Crippen LogP contribution is -2.21. The van der Waals surface area contributed by atoms with Crippen LogP contribution in [0, 0.1) is 11.3 Å². The SMILES string of the molecule is N#Cc1nc(Sc2nnc(C(F)(F)F)n2N)ccc1Cl. The molecule has 0 saturated heterocycles. The fourth-order valence-electron chi connectivity index (χ4n) is 1.19. The molecule has 0 saturated carbocycles. The van der Waals surface area contributed by atoms with Gasteiger partial charge in [0, 0.05) is 0 Å². The van der Waals surface area contributed by atoms with Crippen molar-refractivity contribution in [3.63, 3.8) is 0 Å². The van der Waals surface area contributed by atoms with E-state index in [0.29, 0.717) is 4.68 Å². The van der Waals surface area contributed by atoms with Gasteiger partial charge < -0.3 is 5.84 Å². The van der Waals surface area contributed by atoms with E-state index in [0.717, 1.165) is 11.8 Å². The summed E-state index contributed by atoms with van der Waals surface area (Å²) in [5.41, 5.74) is -0.0456. The first-order chi connectivity index (χ1) is 9.32. The van der Waals surface area contributed by atoms with Crippen LogP contribution in [0.3, 0.4) is 0 Å². The first-order valence-corrected chi connectivity index (χ1v) is 6.04. The van der Waals surface area contributed by atoms with E-state index in [1.54, 1.807) is 6.07 Å². The summed E-state index contributed by atoms with van der Waals surface area (Å²) in [6, 6.07) is 4.58. The summed E-state index contributed by atoms with van der Waals surface area (Å²) < 4.78 is 37.8. The van der Waals surface area contributed by atoms with Crippen LogP contribution in [0.2, 0.25) is 5.02 Å². The van der Waals surface area contributed by atoms with Gasteiger partial charge in [0.1, 0.15) is 11.1 Å². The summed E-state index contributed by atoms with van der Waals surface area (Å²) in [6.07, 6.45) is -4.70. The molecule has 2 rings (SSSR count). The Balaban J connectivity index is 2.32. The number of hydrogen-bond donors (Lipinski definition) is 1. The highest BCUT2D eigenvalue weighted by atomic mass is 35.5. The van der Waals surface area contributed by atoms with Crippen LogP contribution in [-0.2, 0) is 6.18 Å². The van der Waals surface area contributed by atoms with Crippen molar-refractivity contribution in [1.82, 2.24) is 19.9 Å². The van der Waals surface area contributed by atoms with Gasteiger partial charge in [0.05, 0.1) is 5.02 Å². The standard InChI is InChI=1S/C9H4ClF3N6S/c10-4-1-2-6(16-5(4)3-14)20-8-18-17-7(19(8)15)9(11,12)13/h1-2H,15H2. The van der Waals surface area contributed by atoms with E-state index >= 15 is 0 Å². The van der Waals surface area contributed by atoms with Crippen molar-refractivity contribution in [3.8, 4) is 6.07 Å². The molecule has 2 aromatic heterocycles. The number of halogens is 4. The van der Waals surface area contributed by atoms with Gasteiger partial charge in [0.2, 0.25) is 5.16 Å². The average Bonchev–Trinajstić information content (AvgIpc) is 2.73. The lowest BCUT2D eigenvalue weighted by Gasteiger charge is -2.05. The summed E-state index contributed by atoms with van der Waals surface area (Å²) >= 11 is 6.43. The fourth-order valence-corrected chi connectivity index (χ4v) is 2.07. The number of alkyl halides is 3. The van der Waals surface area contributed by atoms with Crippen molar-refractivity contribution < 1.29 is 13.2 Å². The fraction of sp³-hybridized carbons (Fsp3) is 0.111. The van der Waals surface area contributed by atoms with Crippen LogP contribution in [0.25, 0.3) is 0 Å². The third-order valence-electron chi connectivity index (χ3n) is 2.04. The number of nitrogens with two attached hydrogens (primary N) is 1. The Kier molecular flexibility index (Phi) is 3.74. The van der Waals surface area contributed by atoms with Gasteiger partial charge in [-0.25, -0.2) is 9.66 Å². The zero-order valence-corrected chi connectivity index (χ0v) is 11.0. The maximum absolute atomic E-state index is 12.5. The summed E-state index contributed by atoms with van der Waals surface area (Å²) in [6.45, 7) is 0. The van der Waals surface area contributed by atoms with Gasteiger partial charge in [-0.15, -0.1) is 10.2 Å². The summed E-state index contributed by atoms with van der Waals surface area (Å²) in [5.74, 6) is 3.95. The minimum Gasteiger partial charge on any atom is -0.335 e. The smallest absolute Gasteiger partial charge is 0.335 e. The Morgan fingerprint density at radius 1 is 1.35 bits per heavy atom. The van der Waals surface area contributed by atoms with Crippen molar-refractivity contribution in [2.24, 2.45) is 0 Å². The second-order valence-electron chi connectivity index (χ2n) is 3.37. The van der Waals surface area contributed by atoms with Crippen LogP contribution >= 0.6 is 23.4 Å². The molecule has 0 atom stereocenters. The van der Waals surface area contributed by atoms with Crippen molar-refractivity contribution >= 4 is 23.4 Å². The van der Waals surface area contributed by atoms with Crippen LogP contribution < -0.4 is 5.84 Å². The van der Waals surface area contributed by atoms with E-state index in [2.05, 4.69) is 15.2 Å². The van der Waals surface area contributed by atoms with Gasteiger partial charge in [-0.05, 0) is 23.9 Å². The molecular formula is C9H4ClF3N6S. The molecule has 0 amide bonds. The molecule has 11 heteroatoms. The Labute approximate surface area is 119 Å². The van der Waals surface area contributed by atoms with E-state index in [4.69, 9.17) is 22.7 Å².